The van der Waals surface area contributed by atoms with E-state index >= 15 is 0 Å². The second-order valence-corrected chi connectivity index (χ2v) is 5.15. The topological polar surface area (TPSA) is 41.1 Å². The van der Waals surface area contributed by atoms with Crippen molar-refractivity contribution in [3.8, 4) is 0 Å². The Balaban J connectivity index is 2.64. The summed E-state index contributed by atoms with van der Waals surface area (Å²) in [6, 6.07) is 5.01. The number of hydrogen-bond acceptors (Lipinski definition) is 2. The van der Waals surface area contributed by atoms with E-state index in [9.17, 15) is 4.79 Å². The van der Waals surface area contributed by atoms with Crippen LogP contribution < -0.4 is 10.6 Å². The van der Waals surface area contributed by atoms with Gasteiger partial charge in [-0.25, -0.2) is 0 Å². The SMILES string of the molecule is CC[C@H](C)N[C@H](C)C(=O)Nc1ccc(Cl)cc1Cl. The van der Waals surface area contributed by atoms with E-state index in [0.29, 0.717) is 21.8 Å². The van der Waals surface area contributed by atoms with Crippen molar-refractivity contribution in [2.75, 3.05) is 5.32 Å². The van der Waals surface area contributed by atoms with Gasteiger partial charge in [-0.3, -0.25) is 4.79 Å². The highest BCUT2D eigenvalue weighted by atomic mass is 35.5. The summed E-state index contributed by atoms with van der Waals surface area (Å²) in [5, 5.41) is 6.96. The van der Waals surface area contributed by atoms with Crippen LogP contribution in [0.5, 0.6) is 0 Å². The van der Waals surface area contributed by atoms with E-state index in [4.69, 9.17) is 23.2 Å². The minimum atomic E-state index is -0.272. The van der Waals surface area contributed by atoms with Crippen LogP contribution in [0.25, 0.3) is 0 Å². The summed E-state index contributed by atoms with van der Waals surface area (Å²) in [5.41, 5.74) is 0.573. The van der Waals surface area contributed by atoms with Crippen LogP contribution in [0.2, 0.25) is 10.0 Å². The molecule has 0 saturated carbocycles. The summed E-state index contributed by atoms with van der Waals surface area (Å²) < 4.78 is 0. The summed E-state index contributed by atoms with van der Waals surface area (Å²) in [6.07, 6.45) is 0.972. The Morgan fingerprint density at radius 2 is 2.00 bits per heavy atom. The van der Waals surface area contributed by atoms with E-state index in [1.54, 1.807) is 18.2 Å². The van der Waals surface area contributed by atoms with Gasteiger partial charge in [-0.2, -0.15) is 0 Å². The zero-order valence-electron chi connectivity index (χ0n) is 10.8. The molecule has 0 aliphatic rings. The number of halogens is 2. The Labute approximate surface area is 118 Å². The Hall–Kier alpha value is -0.770. The maximum absolute atomic E-state index is 11.9. The quantitative estimate of drug-likeness (QED) is 0.867. The van der Waals surface area contributed by atoms with Crippen LogP contribution in [0.3, 0.4) is 0 Å². The smallest absolute Gasteiger partial charge is 0.241 e. The number of amides is 1. The molecule has 0 spiro atoms. The number of nitrogens with one attached hydrogen (secondary N) is 2. The van der Waals surface area contributed by atoms with Gasteiger partial charge in [0.05, 0.1) is 16.8 Å². The lowest BCUT2D eigenvalue weighted by Gasteiger charge is -2.18. The minimum absolute atomic E-state index is 0.112. The Morgan fingerprint density at radius 3 is 2.56 bits per heavy atom. The Bertz CT molecular complexity index is 423. The van der Waals surface area contributed by atoms with Crippen molar-refractivity contribution in [2.24, 2.45) is 0 Å². The molecule has 0 aliphatic heterocycles. The highest BCUT2D eigenvalue weighted by molar-refractivity contribution is 6.36. The average molecular weight is 289 g/mol. The lowest BCUT2D eigenvalue weighted by atomic mass is 10.2. The lowest BCUT2D eigenvalue weighted by molar-refractivity contribution is -0.117. The second-order valence-electron chi connectivity index (χ2n) is 4.31. The second kappa shape index (κ2) is 6.98. The van der Waals surface area contributed by atoms with Gasteiger partial charge in [0.15, 0.2) is 0 Å². The van der Waals surface area contributed by atoms with Gasteiger partial charge in [0.25, 0.3) is 0 Å². The van der Waals surface area contributed by atoms with Crippen molar-refractivity contribution in [3.05, 3.63) is 28.2 Å². The van der Waals surface area contributed by atoms with Crippen LogP contribution in [-0.2, 0) is 4.79 Å². The predicted octanol–water partition coefficient (Wildman–Crippen LogP) is 3.71. The number of benzene rings is 1. The van der Waals surface area contributed by atoms with E-state index in [0.717, 1.165) is 6.42 Å². The summed E-state index contributed by atoms with van der Waals surface area (Å²) >= 11 is 11.8. The largest absolute Gasteiger partial charge is 0.323 e. The van der Waals surface area contributed by atoms with Crippen LogP contribution in [0.15, 0.2) is 18.2 Å². The van der Waals surface area contributed by atoms with Crippen LogP contribution in [0.4, 0.5) is 5.69 Å². The molecule has 2 N–H and O–H groups in total. The third-order valence-electron chi connectivity index (χ3n) is 2.73. The molecule has 5 heteroatoms. The maximum Gasteiger partial charge on any atom is 0.241 e. The van der Waals surface area contributed by atoms with Gasteiger partial charge in [0.1, 0.15) is 0 Å². The van der Waals surface area contributed by atoms with Crippen molar-refractivity contribution in [1.29, 1.82) is 0 Å². The van der Waals surface area contributed by atoms with Crippen molar-refractivity contribution in [3.63, 3.8) is 0 Å². The van der Waals surface area contributed by atoms with Gasteiger partial charge >= 0.3 is 0 Å². The van der Waals surface area contributed by atoms with Gasteiger partial charge in [0, 0.05) is 11.1 Å². The Kier molecular flexibility index (Phi) is 5.93. The van der Waals surface area contributed by atoms with Crippen LogP contribution in [0.1, 0.15) is 27.2 Å². The molecule has 100 valence electrons. The average Bonchev–Trinajstić information content (AvgIpc) is 2.32. The summed E-state index contributed by atoms with van der Waals surface area (Å²) in [7, 11) is 0. The molecule has 0 unspecified atom stereocenters. The standard InChI is InChI=1S/C13H18Cl2N2O/c1-4-8(2)16-9(3)13(18)17-12-6-5-10(14)7-11(12)15/h5-9,16H,4H2,1-3H3,(H,17,18)/t8-,9+/m0/s1. The minimum Gasteiger partial charge on any atom is -0.323 e. The monoisotopic (exact) mass is 288 g/mol. The van der Waals surface area contributed by atoms with Gasteiger partial charge in [-0.05, 0) is 38.5 Å². The van der Waals surface area contributed by atoms with Gasteiger partial charge < -0.3 is 10.6 Å². The van der Waals surface area contributed by atoms with Crippen LogP contribution in [-0.4, -0.2) is 18.0 Å². The molecule has 0 radical (unpaired) electrons. The summed E-state index contributed by atoms with van der Waals surface area (Å²) in [6.45, 7) is 5.93. The maximum atomic E-state index is 11.9. The molecule has 0 bridgehead atoms. The van der Waals surface area contributed by atoms with Gasteiger partial charge in [0.2, 0.25) is 5.91 Å². The Morgan fingerprint density at radius 1 is 1.33 bits per heavy atom. The van der Waals surface area contributed by atoms with Crippen LogP contribution in [0, 0.1) is 0 Å². The van der Waals surface area contributed by atoms with E-state index in [-0.39, 0.29) is 11.9 Å². The molecule has 1 rings (SSSR count). The molecule has 0 aromatic heterocycles. The van der Waals surface area contributed by atoms with E-state index in [1.165, 1.54) is 0 Å². The molecule has 1 aromatic carbocycles. The molecule has 0 saturated heterocycles. The van der Waals surface area contributed by atoms with Crippen molar-refractivity contribution in [1.82, 2.24) is 5.32 Å². The fourth-order valence-electron chi connectivity index (χ4n) is 1.45. The molecule has 1 amide bonds. The van der Waals surface area contributed by atoms with Crippen molar-refractivity contribution < 1.29 is 4.79 Å². The first-order valence-corrected chi connectivity index (χ1v) is 6.71. The molecular weight excluding hydrogens is 271 g/mol. The highest BCUT2D eigenvalue weighted by Crippen LogP contribution is 2.25. The highest BCUT2D eigenvalue weighted by Gasteiger charge is 2.15. The van der Waals surface area contributed by atoms with Gasteiger partial charge in [-0.1, -0.05) is 30.1 Å². The zero-order valence-corrected chi connectivity index (χ0v) is 12.3. The number of carbonyl (C=O) groups excluding carboxylic acids is 1. The van der Waals surface area contributed by atoms with Gasteiger partial charge in [-0.15, -0.1) is 0 Å². The van der Waals surface area contributed by atoms with Crippen LogP contribution >= 0.6 is 23.2 Å². The zero-order chi connectivity index (χ0) is 13.7. The lowest BCUT2D eigenvalue weighted by Crippen LogP contribution is -2.42. The molecule has 0 heterocycles. The molecule has 0 aliphatic carbocycles. The first-order chi connectivity index (χ1) is 8.43. The number of carbonyl (C=O) groups is 1. The molecule has 18 heavy (non-hydrogen) atoms. The number of hydrogen-bond donors (Lipinski definition) is 2. The fourth-order valence-corrected chi connectivity index (χ4v) is 1.91. The van der Waals surface area contributed by atoms with Crippen molar-refractivity contribution in [2.45, 2.75) is 39.3 Å². The normalized spacial score (nSPS) is 14.1. The predicted molar refractivity (Wildman–Crippen MR) is 77.4 cm³/mol. The number of rotatable bonds is 5. The molecule has 3 nitrogen and oxygen atoms in total. The first-order valence-electron chi connectivity index (χ1n) is 5.96. The third kappa shape index (κ3) is 4.48. The third-order valence-corrected chi connectivity index (χ3v) is 3.28. The summed E-state index contributed by atoms with van der Waals surface area (Å²) in [5.74, 6) is -0.112. The van der Waals surface area contributed by atoms with E-state index in [2.05, 4.69) is 17.6 Å². The fraction of sp³-hybridized carbons (Fsp3) is 0.462. The van der Waals surface area contributed by atoms with E-state index < -0.39 is 0 Å². The molecule has 0 fully saturated rings. The van der Waals surface area contributed by atoms with Crippen molar-refractivity contribution >= 4 is 34.8 Å². The number of anilines is 1. The molecule has 2 atom stereocenters. The summed E-state index contributed by atoms with van der Waals surface area (Å²) in [4.78, 5) is 11.9. The first kappa shape index (κ1) is 15.3. The van der Waals surface area contributed by atoms with E-state index in [1.807, 2.05) is 13.8 Å². The molecular formula is C13H18Cl2N2O. The molecule has 1 aromatic rings.